The van der Waals surface area contributed by atoms with Gasteiger partial charge in [-0.2, -0.15) is 0 Å². The van der Waals surface area contributed by atoms with E-state index in [1.165, 1.54) is 19.2 Å². The van der Waals surface area contributed by atoms with E-state index < -0.39 is 18.6 Å². The molecule has 0 unspecified atom stereocenters. The fourth-order valence-electron chi connectivity index (χ4n) is 3.52. The van der Waals surface area contributed by atoms with E-state index in [2.05, 4.69) is 16.0 Å². The van der Waals surface area contributed by atoms with Gasteiger partial charge in [-0.3, -0.25) is 14.4 Å². The summed E-state index contributed by atoms with van der Waals surface area (Å²) in [7, 11) is 1.50. The van der Waals surface area contributed by atoms with Crippen LogP contribution in [0, 0.1) is 0 Å². The van der Waals surface area contributed by atoms with Gasteiger partial charge < -0.3 is 25.4 Å². The average molecular weight is 473 g/mol. The Labute approximate surface area is 201 Å². The first kappa shape index (κ1) is 23.5. The number of carbonyl (C=O) groups excluding carboxylic acids is 4. The van der Waals surface area contributed by atoms with Gasteiger partial charge >= 0.3 is 5.97 Å². The van der Waals surface area contributed by atoms with Crippen molar-refractivity contribution in [2.75, 3.05) is 29.7 Å². The number of carbonyl (C=O) groups is 4. The highest BCUT2D eigenvalue weighted by atomic mass is 16.5. The van der Waals surface area contributed by atoms with E-state index in [1.54, 1.807) is 42.5 Å². The van der Waals surface area contributed by atoms with Crippen molar-refractivity contribution >= 4 is 40.6 Å². The molecule has 0 saturated carbocycles. The van der Waals surface area contributed by atoms with Crippen molar-refractivity contribution in [2.45, 2.75) is 12.5 Å². The molecule has 0 fully saturated rings. The number of methoxy groups -OCH3 is 1. The number of rotatable bonds is 8. The van der Waals surface area contributed by atoms with Crippen LogP contribution in [0.3, 0.4) is 0 Å². The van der Waals surface area contributed by atoms with Crippen molar-refractivity contribution in [3.63, 3.8) is 0 Å². The van der Waals surface area contributed by atoms with E-state index in [0.717, 1.165) is 5.69 Å². The van der Waals surface area contributed by atoms with Crippen LogP contribution in [-0.4, -0.2) is 43.3 Å². The number of ether oxygens (including phenoxy) is 2. The van der Waals surface area contributed by atoms with E-state index in [-0.39, 0.29) is 29.6 Å². The topological polar surface area (TPSA) is 123 Å². The Hall–Kier alpha value is -4.66. The molecule has 1 heterocycles. The van der Waals surface area contributed by atoms with Crippen LogP contribution in [0.2, 0.25) is 0 Å². The lowest BCUT2D eigenvalue weighted by Crippen LogP contribution is -2.41. The van der Waals surface area contributed by atoms with Crippen LogP contribution in [0.4, 0.5) is 17.1 Å². The Bertz CT molecular complexity index is 1270. The fourth-order valence-corrected chi connectivity index (χ4v) is 3.52. The molecule has 3 aromatic carbocycles. The van der Waals surface area contributed by atoms with Crippen molar-refractivity contribution < 1.29 is 28.7 Å². The van der Waals surface area contributed by atoms with Crippen LogP contribution in [0.5, 0.6) is 5.75 Å². The predicted molar refractivity (Wildman–Crippen MR) is 130 cm³/mol. The smallest absolute Gasteiger partial charge is 0.338 e. The van der Waals surface area contributed by atoms with Gasteiger partial charge in [0.05, 0.1) is 30.5 Å². The predicted octanol–water partition coefficient (Wildman–Crippen LogP) is 3.50. The van der Waals surface area contributed by atoms with Crippen LogP contribution in [0.15, 0.2) is 72.8 Å². The zero-order chi connectivity index (χ0) is 24.8. The summed E-state index contributed by atoms with van der Waals surface area (Å²) in [5, 5.41) is 8.54. The van der Waals surface area contributed by atoms with E-state index in [0.29, 0.717) is 22.7 Å². The highest BCUT2D eigenvalue weighted by Gasteiger charge is 2.27. The summed E-state index contributed by atoms with van der Waals surface area (Å²) < 4.78 is 10.2. The number of hydrogen-bond acceptors (Lipinski definition) is 7. The summed E-state index contributed by atoms with van der Waals surface area (Å²) in [5.74, 6) is -1.15. The van der Waals surface area contributed by atoms with Crippen molar-refractivity contribution in [3.05, 3.63) is 83.9 Å². The summed E-state index contributed by atoms with van der Waals surface area (Å²) in [6.45, 7) is -0.413. The quantitative estimate of drug-likeness (QED) is 0.338. The molecule has 2 amide bonds. The number of nitrogens with one attached hydrogen (secondary N) is 3. The van der Waals surface area contributed by atoms with E-state index >= 15 is 0 Å². The van der Waals surface area contributed by atoms with Gasteiger partial charge in [0.15, 0.2) is 12.4 Å². The third kappa shape index (κ3) is 5.83. The number of para-hydroxylation sites is 2. The molecule has 9 heteroatoms. The third-order valence-electron chi connectivity index (χ3n) is 5.35. The van der Waals surface area contributed by atoms with Gasteiger partial charge in [-0.1, -0.05) is 24.3 Å². The maximum Gasteiger partial charge on any atom is 0.338 e. The number of amides is 2. The second-order valence-corrected chi connectivity index (χ2v) is 7.79. The molecular formula is C26H23N3O6. The van der Waals surface area contributed by atoms with Crippen LogP contribution in [0.1, 0.15) is 27.1 Å². The van der Waals surface area contributed by atoms with Gasteiger partial charge in [0.2, 0.25) is 11.8 Å². The van der Waals surface area contributed by atoms with Gasteiger partial charge in [0.1, 0.15) is 11.8 Å². The first-order valence-corrected chi connectivity index (χ1v) is 10.8. The minimum Gasteiger partial charge on any atom is -0.497 e. The zero-order valence-corrected chi connectivity index (χ0v) is 18.9. The molecule has 3 N–H and O–H groups in total. The van der Waals surface area contributed by atoms with E-state index in [1.807, 2.05) is 18.2 Å². The van der Waals surface area contributed by atoms with Gasteiger partial charge in [0, 0.05) is 11.3 Å². The molecule has 4 rings (SSSR count). The van der Waals surface area contributed by atoms with Crippen molar-refractivity contribution in [1.82, 2.24) is 0 Å². The molecule has 0 spiro atoms. The number of Topliss-reactive ketones (excluding diaryl/α,β-unsaturated/α-hetero) is 1. The lowest BCUT2D eigenvalue weighted by Gasteiger charge is -2.26. The average Bonchev–Trinajstić information content (AvgIpc) is 2.88. The lowest BCUT2D eigenvalue weighted by atomic mass is 10.1. The second kappa shape index (κ2) is 10.5. The number of benzene rings is 3. The van der Waals surface area contributed by atoms with E-state index in [4.69, 9.17) is 9.47 Å². The lowest BCUT2D eigenvalue weighted by molar-refractivity contribution is -0.122. The summed E-state index contributed by atoms with van der Waals surface area (Å²) in [6, 6.07) is 19.2. The molecule has 0 aliphatic carbocycles. The molecule has 0 aromatic heterocycles. The number of hydrogen-bond donors (Lipinski definition) is 3. The van der Waals surface area contributed by atoms with Crippen molar-refractivity contribution in [2.24, 2.45) is 0 Å². The molecule has 0 bridgehead atoms. The minimum atomic E-state index is -0.707. The standard InChI is InChI=1S/C26H23N3O6/c1-34-19-6-4-5-17(13-19)23(30)15-35-26(33)16-9-11-18(12-10-16)27-24(31)14-22-25(32)29-21-8-3-2-7-20(21)28-22/h2-13,22,28H,14-15H2,1H3,(H,27,31)(H,29,32)/t22-/m1/s1. The van der Waals surface area contributed by atoms with Gasteiger partial charge in [-0.05, 0) is 48.5 Å². The molecule has 178 valence electrons. The molecule has 1 aliphatic rings. The van der Waals surface area contributed by atoms with Gasteiger partial charge in [-0.25, -0.2) is 4.79 Å². The molecule has 0 saturated heterocycles. The molecule has 3 aromatic rings. The summed E-state index contributed by atoms with van der Waals surface area (Å²) in [4.78, 5) is 49.3. The number of esters is 1. The van der Waals surface area contributed by atoms with E-state index in [9.17, 15) is 19.2 Å². The SMILES string of the molecule is COc1cccc(C(=O)COC(=O)c2ccc(NC(=O)C[C@H]3Nc4ccccc4NC3=O)cc2)c1. The normalized spacial score (nSPS) is 14.1. The van der Waals surface area contributed by atoms with Crippen LogP contribution in [-0.2, 0) is 14.3 Å². The number of ketones is 1. The second-order valence-electron chi connectivity index (χ2n) is 7.79. The summed E-state index contributed by atoms with van der Waals surface area (Å²) >= 11 is 0. The van der Waals surface area contributed by atoms with Crippen LogP contribution >= 0.6 is 0 Å². The Balaban J connectivity index is 1.28. The molecule has 0 radical (unpaired) electrons. The highest BCUT2D eigenvalue weighted by molar-refractivity contribution is 6.06. The van der Waals surface area contributed by atoms with Crippen molar-refractivity contribution in [1.29, 1.82) is 0 Å². The Morgan fingerprint density at radius 2 is 1.66 bits per heavy atom. The third-order valence-corrected chi connectivity index (χ3v) is 5.35. The largest absolute Gasteiger partial charge is 0.497 e. The first-order chi connectivity index (χ1) is 16.9. The molecule has 35 heavy (non-hydrogen) atoms. The maximum absolute atomic E-state index is 12.4. The Kier molecular flexibility index (Phi) is 7.06. The molecule has 1 aliphatic heterocycles. The Morgan fingerprint density at radius 1 is 0.914 bits per heavy atom. The van der Waals surface area contributed by atoms with Gasteiger partial charge in [0.25, 0.3) is 0 Å². The molecular weight excluding hydrogens is 450 g/mol. The Morgan fingerprint density at radius 3 is 2.40 bits per heavy atom. The van der Waals surface area contributed by atoms with Crippen LogP contribution in [0.25, 0.3) is 0 Å². The fraction of sp³-hybridized carbons (Fsp3) is 0.154. The first-order valence-electron chi connectivity index (χ1n) is 10.8. The number of anilines is 3. The summed E-state index contributed by atoms with van der Waals surface area (Å²) in [6.07, 6.45) is -0.0731. The van der Waals surface area contributed by atoms with Crippen LogP contribution < -0.4 is 20.7 Å². The monoisotopic (exact) mass is 473 g/mol. The number of fused-ring (bicyclic) bond motifs is 1. The maximum atomic E-state index is 12.4. The minimum absolute atomic E-state index is 0.0731. The zero-order valence-electron chi connectivity index (χ0n) is 18.9. The molecule has 9 nitrogen and oxygen atoms in total. The van der Waals surface area contributed by atoms with Crippen molar-refractivity contribution in [3.8, 4) is 5.75 Å². The molecule has 1 atom stereocenters. The summed E-state index contributed by atoms with van der Waals surface area (Å²) in [5.41, 5.74) is 2.47. The van der Waals surface area contributed by atoms with Gasteiger partial charge in [-0.15, -0.1) is 0 Å². The highest BCUT2D eigenvalue weighted by Crippen LogP contribution is 2.27.